The van der Waals surface area contributed by atoms with Crippen LogP contribution in [0.1, 0.15) is 61.3 Å². The molecule has 1 aromatic carbocycles. The van der Waals surface area contributed by atoms with E-state index >= 15 is 0 Å². The molecule has 2 heterocycles. The highest BCUT2D eigenvalue weighted by atomic mass is 32.2. The molecular weight excluding hydrogens is 416 g/mol. The summed E-state index contributed by atoms with van der Waals surface area (Å²) in [5, 5.41) is 6.98. The first-order chi connectivity index (χ1) is 14.6. The number of sulfonamides is 1. The van der Waals surface area contributed by atoms with Crippen LogP contribution in [-0.2, 0) is 21.8 Å². The molecule has 1 aliphatic rings. The number of hydrogen-bond acceptors (Lipinski definition) is 5. The first-order valence-electron chi connectivity index (χ1n) is 10.7. The van der Waals surface area contributed by atoms with Gasteiger partial charge >= 0.3 is 0 Å². The summed E-state index contributed by atoms with van der Waals surface area (Å²) in [6, 6.07) is 7.24. The Labute approximate surface area is 184 Å². The summed E-state index contributed by atoms with van der Waals surface area (Å²) in [5.74, 6) is -0.112. The Hall–Kier alpha value is -2.23. The number of hydrogen-bond donors (Lipinski definition) is 1. The van der Waals surface area contributed by atoms with Crippen LogP contribution in [-0.4, -0.2) is 53.6 Å². The molecule has 1 saturated heterocycles. The van der Waals surface area contributed by atoms with E-state index in [2.05, 4.69) is 10.4 Å². The molecule has 31 heavy (non-hydrogen) atoms. The Morgan fingerprint density at radius 3 is 2.55 bits per heavy atom. The lowest BCUT2D eigenvalue weighted by molar-refractivity contribution is -0.0127. The Morgan fingerprint density at radius 2 is 2.00 bits per heavy atom. The monoisotopic (exact) mass is 448 g/mol. The van der Waals surface area contributed by atoms with Crippen LogP contribution in [0.25, 0.3) is 0 Å². The quantitative estimate of drug-likeness (QED) is 0.703. The van der Waals surface area contributed by atoms with Crippen molar-refractivity contribution >= 4 is 15.9 Å². The Bertz CT molecular complexity index is 1010. The smallest absolute Gasteiger partial charge is 0.251 e. The van der Waals surface area contributed by atoms with Gasteiger partial charge in [-0.25, -0.2) is 8.42 Å². The fraction of sp³-hybridized carbons (Fsp3) is 0.545. The van der Waals surface area contributed by atoms with Crippen molar-refractivity contribution in [2.75, 3.05) is 13.2 Å². The zero-order valence-electron chi connectivity index (χ0n) is 18.8. The number of nitrogens with one attached hydrogen (secondary N) is 1. The molecule has 1 aromatic heterocycles. The molecule has 0 radical (unpaired) electrons. The van der Waals surface area contributed by atoms with Crippen LogP contribution < -0.4 is 5.32 Å². The van der Waals surface area contributed by atoms with E-state index in [1.54, 1.807) is 35.1 Å². The highest BCUT2D eigenvalue weighted by Crippen LogP contribution is 2.33. The second kappa shape index (κ2) is 9.50. The van der Waals surface area contributed by atoms with Crippen molar-refractivity contribution in [2.24, 2.45) is 7.05 Å². The third kappa shape index (κ3) is 4.99. The summed E-state index contributed by atoms with van der Waals surface area (Å²) in [6.07, 6.45) is 2.40. The molecule has 0 aliphatic carbocycles. The van der Waals surface area contributed by atoms with Gasteiger partial charge in [0.1, 0.15) is 4.90 Å². The van der Waals surface area contributed by atoms with E-state index in [1.807, 2.05) is 32.9 Å². The number of benzene rings is 1. The van der Waals surface area contributed by atoms with Gasteiger partial charge in [0, 0.05) is 37.8 Å². The molecule has 1 aliphatic heterocycles. The van der Waals surface area contributed by atoms with Crippen LogP contribution in [0.2, 0.25) is 0 Å². The molecule has 0 bridgehead atoms. The maximum absolute atomic E-state index is 13.3. The second-order valence-corrected chi connectivity index (χ2v) is 10.1. The fourth-order valence-corrected chi connectivity index (χ4v) is 5.81. The lowest BCUT2D eigenvalue weighted by Crippen LogP contribution is -2.44. The molecule has 9 heteroatoms. The van der Waals surface area contributed by atoms with E-state index in [4.69, 9.17) is 4.74 Å². The van der Waals surface area contributed by atoms with Gasteiger partial charge < -0.3 is 10.1 Å². The standard InChI is InChI=1S/C22H32N4O4S/c1-6-26(31(28,29)21-14-23-25(5)16(21)4)19-11-12-30-20(13-19)17-7-9-18(10-8-17)22(27)24-15(2)3/h7-10,14-15,19-20H,6,11-13H2,1-5H3,(H,24,27)/t19-,20+/m1/s1. The predicted molar refractivity (Wildman–Crippen MR) is 118 cm³/mol. The van der Waals surface area contributed by atoms with Gasteiger partial charge in [0.05, 0.1) is 18.0 Å². The molecule has 0 saturated carbocycles. The number of nitrogens with zero attached hydrogens (tertiary/aromatic N) is 3. The zero-order valence-corrected chi connectivity index (χ0v) is 19.6. The van der Waals surface area contributed by atoms with Crippen molar-refractivity contribution in [3.05, 3.63) is 47.3 Å². The van der Waals surface area contributed by atoms with E-state index in [1.165, 1.54) is 6.20 Å². The molecule has 170 valence electrons. The van der Waals surface area contributed by atoms with E-state index in [0.717, 1.165) is 5.56 Å². The van der Waals surface area contributed by atoms with Gasteiger partial charge in [0.15, 0.2) is 0 Å². The molecule has 2 aromatic rings. The highest BCUT2D eigenvalue weighted by molar-refractivity contribution is 7.89. The van der Waals surface area contributed by atoms with Gasteiger partial charge in [-0.1, -0.05) is 19.1 Å². The minimum absolute atomic E-state index is 0.0695. The van der Waals surface area contributed by atoms with Crippen LogP contribution in [0.4, 0.5) is 0 Å². The summed E-state index contributed by atoms with van der Waals surface area (Å²) >= 11 is 0. The van der Waals surface area contributed by atoms with Crippen LogP contribution in [0, 0.1) is 6.92 Å². The van der Waals surface area contributed by atoms with Crippen LogP contribution in [0.3, 0.4) is 0 Å². The van der Waals surface area contributed by atoms with Gasteiger partial charge in [-0.05, 0) is 51.3 Å². The molecular formula is C22H32N4O4S. The third-order valence-corrected chi connectivity index (χ3v) is 7.85. The average Bonchev–Trinajstić information content (AvgIpc) is 3.07. The summed E-state index contributed by atoms with van der Waals surface area (Å²) in [4.78, 5) is 12.4. The minimum atomic E-state index is -3.65. The largest absolute Gasteiger partial charge is 0.373 e. The van der Waals surface area contributed by atoms with Crippen molar-refractivity contribution in [2.45, 2.75) is 63.6 Å². The van der Waals surface area contributed by atoms with Gasteiger partial charge in [-0.2, -0.15) is 9.40 Å². The topological polar surface area (TPSA) is 93.5 Å². The van der Waals surface area contributed by atoms with Gasteiger partial charge in [0.2, 0.25) is 10.0 Å². The van der Waals surface area contributed by atoms with Crippen molar-refractivity contribution in [3.63, 3.8) is 0 Å². The Balaban J connectivity index is 1.77. The Kier molecular flexibility index (Phi) is 7.18. The highest BCUT2D eigenvalue weighted by Gasteiger charge is 2.36. The average molecular weight is 449 g/mol. The van der Waals surface area contributed by atoms with Gasteiger partial charge in [0.25, 0.3) is 5.91 Å². The second-order valence-electron chi connectivity index (χ2n) is 8.21. The van der Waals surface area contributed by atoms with Crippen molar-refractivity contribution < 1.29 is 17.9 Å². The van der Waals surface area contributed by atoms with Crippen molar-refractivity contribution in [1.29, 1.82) is 0 Å². The zero-order chi connectivity index (χ0) is 22.8. The summed E-state index contributed by atoms with van der Waals surface area (Å²) in [5.41, 5.74) is 2.16. The van der Waals surface area contributed by atoms with Crippen molar-refractivity contribution in [1.82, 2.24) is 19.4 Å². The molecule has 0 unspecified atom stereocenters. The number of ether oxygens (including phenoxy) is 1. The summed E-state index contributed by atoms with van der Waals surface area (Å²) in [6.45, 7) is 8.31. The van der Waals surface area contributed by atoms with Crippen molar-refractivity contribution in [3.8, 4) is 0 Å². The van der Waals surface area contributed by atoms with Crippen LogP contribution >= 0.6 is 0 Å². The summed E-state index contributed by atoms with van der Waals surface area (Å²) < 4.78 is 35.8. The summed E-state index contributed by atoms with van der Waals surface area (Å²) in [7, 11) is -1.92. The first kappa shape index (κ1) is 23.4. The number of carbonyl (C=O) groups excluding carboxylic acids is 1. The maximum Gasteiger partial charge on any atom is 0.251 e. The number of rotatable bonds is 7. The first-order valence-corrected chi connectivity index (χ1v) is 12.1. The third-order valence-electron chi connectivity index (χ3n) is 5.72. The fourth-order valence-electron chi connectivity index (χ4n) is 3.95. The van der Waals surface area contributed by atoms with Crippen LogP contribution in [0.15, 0.2) is 35.4 Å². The maximum atomic E-state index is 13.3. The van der Waals surface area contributed by atoms with Gasteiger partial charge in [-0.15, -0.1) is 0 Å². The van der Waals surface area contributed by atoms with E-state index < -0.39 is 10.0 Å². The number of amides is 1. The SMILES string of the molecule is CCN([C@@H]1CCO[C@H](c2ccc(C(=O)NC(C)C)cc2)C1)S(=O)(=O)c1cnn(C)c1C. The predicted octanol–water partition coefficient (Wildman–Crippen LogP) is 2.80. The number of aromatic nitrogens is 2. The van der Waals surface area contributed by atoms with E-state index in [0.29, 0.717) is 37.3 Å². The lowest BCUT2D eigenvalue weighted by Gasteiger charge is -2.36. The molecule has 1 amide bonds. The minimum Gasteiger partial charge on any atom is -0.373 e. The van der Waals surface area contributed by atoms with Gasteiger partial charge in [-0.3, -0.25) is 9.48 Å². The molecule has 8 nitrogen and oxygen atoms in total. The number of carbonyl (C=O) groups is 1. The van der Waals surface area contributed by atoms with Crippen LogP contribution in [0.5, 0.6) is 0 Å². The normalized spacial score (nSPS) is 19.7. The van der Waals surface area contributed by atoms with E-state index in [-0.39, 0.29) is 29.0 Å². The lowest BCUT2D eigenvalue weighted by atomic mass is 9.96. The molecule has 1 N–H and O–H groups in total. The Morgan fingerprint density at radius 1 is 1.32 bits per heavy atom. The van der Waals surface area contributed by atoms with E-state index in [9.17, 15) is 13.2 Å². The molecule has 2 atom stereocenters. The number of aryl methyl sites for hydroxylation is 1. The molecule has 0 spiro atoms. The molecule has 3 rings (SSSR count). The molecule has 1 fully saturated rings.